The molecule has 0 saturated heterocycles. The van der Waals surface area contributed by atoms with E-state index in [2.05, 4.69) is 10.6 Å². The third kappa shape index (κ3) is 7.10. The highest BCUT2D eigenvalue weighted by Gasteiger charge is 2.26. The average Bonchev–Trinajstić information content (AvgIpc) is 2.76. The number of carbonyl (C=O) groups is 3. The van der Waals surface area contributed by atoms with Crippen molar-refractivity contribution in [2.75, 3.05) is 13.7 Å². The Morgan fingerprint density at radius 1 is 1.00 bits per heavy atom. The quantitative estimate of drug-likeness (QED) is 0.445. The summed E-state index contributed by atoms with van der Waals surface area (Å²) in [4.78, 5) is 36.2. The van der Waals surface area contributed by atoms with Crippen molar-refractivity contribution in [3.8, 4) is 5.75 Å². The summed E-state index contributed by atoms with van der Waals surface area (Å²) in [5, 5.41) is 14.2. The van der Waals surface area contributed by atoms with Gasteiger partial charge in [0.1, 0.15) is 24.4 Å². The van der Waals surface area contributed by atoms with Gasteiger partial charge in [0.2, 0.25) is 11.8 Å². The smallest absolute Gasteiger partial charge is 0.408 e. The first-order valence-corrected chi connectivity index (χ1v) is 9.23. The van der Waals surface area contributed by atoms with Crippen LogP contribution in [0.25, 0.3) is 0 Å². The number of primary amides is 1. The lowest BCUT2D eigenvalue weighted by molar-refractivity contribution is -0.129. The minimum absolute atomic E-state index is 0.00614. The van der Waals surface area contributed by atoms with E-state index in [1.165, 1.54) is 7.11 Å². The van der Waals surface area contributed by atoms with Crippen LogP contribution in [-0.2, 0) is 27.4 Å². The van der Waals surface area contributed by atoms with Gasteiger partial charge in [-0.1, -0.05) is 42.5 Å². The lowest BCUT2D eigenvalue weighted by atomic mass is 10.0. The van der Waals surface area contributed by atoms with Crippen LogP contribution in [0.3, 0.4) is 0 Å². The first-order chi connectivity index (χ1) is 14.4. The number of aliphatic hydroxyl groups is 1. The largest absolute Gasteiger partial charge is 0.497 e. The molecule has 0 heterocycles. The van der Waals surface area contributed by atoms with Gasteiger partial charge < -0.3 is 30.9 Å². The summed E-state index contributed by atoms with van der Waals surface area (Å²) in [5.74, 6) is -0.923. The number of benzene rings is 2. The fourth-order valence-electron chi connectivity index (χ4n) is 2.63. The normalized spacial score (nSPS) is 12.3. The molecule has 0 aliphatic rings. The molecule has 0 aliphatic carbocycles. The van der Waals surface area contributed by atoms with Gasteiger partial charge in [-0.2, -0.15) is 0 Å². The Bertz CT molecular complexity index is 859. The van der Waals surface area contributed by atoms with Gasteiger partial charge in [0.15, 0.2) is 0 Å². The summed E-state index contributed by atoms with van der Waals surface area (Å²) < 4.78 is 10.2. The Kier molecular flexibility index (Phi) is 8.64. The van der Waals surface area contributed by atoms with Crippen molar-refractivity contribution >= 4 is 17.9 Å². The summed E-state index contributed by atoms with van der Waals surface area (Å²) in [7, 11) is 1.51. The molecule has 2 aromatic rings. The van der Waals surface area contributed by atoms with E-state index in [4.69, 9.17) is 15.2 Å². The van der Waals surface area contributed by atoms with Gasteiger partial charge in [0, 0.05) is 6.42 Å². The second-order valence-electron chi connectivity index (χ2n) is 6.46. The summed E-state index contributed by atoms with van der Waals surface area (Å²) >= 11 is 0. The first-order valence-electron chi connectivity index (χ1n) is 9.23. The Hall–Kier alpha value is -3.59. The number of amides is 3. The molecule has 2 atom stereocenters. The molecule has 0 unspecified atom stereocenters. The minimum Gasteiger partial charge on any atom is -0.497 e. The molecule has 5 N–H and O–H groups in total. The van der Waals surface area contributed by atoms with Crippen molar-refractivity contribution in [2.24, 2.45) is 5.73 Å². The van der Waals surface area contributed by atoms with Crippen LogP contribution >= 0.6 is 0 Å². The molecule has 9 nitrogen and oxygen atoms in total. The second-order valence-corrected chi connectivity index (χ2v) is 6.46. The van der Waals surface area contributed by atoms with Crippen LogP contribution in [0.5, 0.6) is 5.75 Å². The third-order valence-electron chi connectivity index (χ3n) is 4.24. The van der Waals surface area contributed by atoms with Crippen molar-refractivity contribution in [1.82, 2.24) is 10.6 Å². The zero-order valence-electron chi connectivity index (χ0n) is 16.5. The molecular weight excluding hydrogens is 390 g/mol. The zero-order chi connectivity index (χ0) is 21.9. The van der Waals surface area contributed by atoms with Gasteiger partial charge in [-0.15, -0.1) is 0 Å². The van der Waals surface area contributed by atoms with Crippen LogP contribution in [0, 0.1) is 0 Å². The highest BCUT2D eigenvalue weighted by molar-refractivity contribution is 5.91. The van der Waals surface area contributed by atoms with E-state index < -0.39 is 36.6 Å². The molecule has 2 rings (SSSR count). The van der Waals surface area contributed by atoms with Crippen LogP contribution in [0.2, 0.25) is 0 Å². The number of nitrogens with two attached hydrogens (primary N) is 1. The highest BCUT2D eigenvalue weighted by atomic mass is 16.5. The molecule has 9 heteroatoms. The number of carbonyl (C=O) groups excluding carboxylic acids is 3. The molecule has 3 amide bonds. The van der Waals surface area contributed by atoms with Gasteiger partial charge in [-0.3, -0.25) is 9.59 Å². The molecule has 0 aromatic heterocycles. The van der Waals surface area contributed by atoms with Crippen LogP contribution in [0.15, 0.2) is 54.6 Å². The molecule has 2 aromatic carbocycles. The maximum atomic E-state index is 12.4. The molecule has 0 fully saturated rings. The van der Waals surface area contributed by atoms with Crippen molar-refractivity contribution in [3.63, 3.8) is 0 Å². The number of rotatable bonds is 10. The van der Waals surface area contributed by atoms with Crippen molar-refractivity contribution in [2.45, 2.75) is 25.1 Å². The monoisotopic (exact) mass is 415 g/mol. The Morgan fingerprint density at radius 2 is 1.70 bits per heavy atom. The van der Waals surface area contributed by atoms with E-state index in [-0.39, 0.29) is 13.0 Å². The summed E-state index contributed by atoms with van der Waals surface area (Å²) in [6.45, 7) is -0.677. The lowest BCUT2D eigenvalue weighted by Crippen LogP contribution is -2.54. The molecule has 0 bridgehead atoms. The Balaban J connectivity index is 1.93. The number of hydrogen-bond donors (Lipinski definition) is 4. The van der Waals surface area contributed by atoms with Crippen LogP contribution in [0.1, 0.15) is 11.1 Å². The maximum absolute atomic E-state index is 12.4. The van der Waals surface area contributed by atoms with E-state index in [1.54, 1.807) is 48.5 Å². The van der Waals surface area contributed by atoms with E-state index >= 15 is 0 Å². The standard InChI is InChI=1S/C21H25N3O6/c1-29-16-9-5-8-15(10-16)11-17(19(22)26)23-20(27)18(12-25)24-21(28)30-13-14-6-3-2-4-7-14/h2-10,17-18,25H,11-13H2,1H3,(H2,22,26)(H,23,27)(H,24,28)/t17-,18-/m0/s1. The molecular formula is C21H25N3O6. The highest BCUT2D eigenvalue weighted by Crippen LogP contribution is 2.14. The predicted octanol–water partition coefficient (Wildman–Crippen LogP) is 0.495. The molecule has 30 heavy (non-hydrogen) atoms. The number of methoxy groups -OCH3 is 1. The van der Waals surface area contributed by atoms with Crippen LogP contribution < -0.4 is 21.1 Å². The molecule has 0 aliphatic heterocycles. The van der Waals surface area contributed by atoms with E-state index in [0.29, 0.717) is 11.3 Å². The molecule has 160 valence electrons. The van der Waals surface area contributed by atoms with Crippen molar-refractivity contribution in [3.05, 3.63) is 65.7 Å². The second kappa shape index (κ2) is 11.4. The summed E-state index contributed by atoms with van der Waals surface area (Å²) in [5.41, 5.74) is 6.88. The molecule has 0 radical (unpaired) electrons. The van der Waals surface area contributed by atoms with Crippen molar-refractivity contribution < 1.29 is 29.0 Å². The van der Waals surface area contributed by atoms with Gasteiger partial charge in [-0.05, 0) is 23.3 Å². The van der Waals surface area contributed by atoms with Gasteiger partial charge >= 0.3 is 6.09 Å². The number of ether oxygens (including phenoxy) is 2. The van der Waals surface area contributed by atoms with Gasteiger partial charge in [0.05, 0.1) is 13.7 Å². The lowest BCUT2D eigenvalue weighted by Gasteiger charge is -2.20. The van der Waals surface area contributed by atoms with E-state index in [9.17, 15) is 19.5 Å². The number of nitrogens with one attached hydrogen (secondary N) is 2. The van der Waals surface area contributed by atoms with Gasteiger partial charge in [-0.25, -0.2) is 4.79 Å². The van der Waals surface area contributed by atoms with Gasteiger partial charge in [0.25, 0.3) is 0 Å². The maximum Gasteiger partial charge on any atom is 0.408 e. The zero-order valence-corrected chi connectivity index (χ0v) is 16.5. The fraction of sp³-hybridized carbons (Fsp3) is 0.286. The number of alkyl carbamates (subject to hydrolysis) is 1. The van der Waals surface area contributed by atoms with E-state index in [0.717, 1.165) is 5.56 Å². The third-order valence-corrected chi connectivity index (χ3v) is 4.24. The fourth-order valence-corrected chi connectivity index (χ4v) is 2.63. The topological polar surface area (TPSA) is 140 Å². The SMILES string of the molecule is COc1cccc(C[C@H](NC(=O)[C@H](CO)NC(=O)OCc2ccccc2)C(N)=O)c1. The average molecular weight is 415 g/mol. The Labute approximate surface area is 174 Å². The van der Waals surface area contributed by atoms with Crippen LogP contribution in [-0.4, -0.2) is 48.8 Å². The summed E-state index contributed by atoms with van der Waals surface area (Å²) in [6, 6.07) is 13.6. The molecule has 0 saturated carbocycles. The van der Waals surface area contributed by atoms with Crippen molar-refractivity contribution in [1.29, 1.82) is 0 Å². The summed E-state index contributed by atoms with van der Waals surface area (Å²) in [6.07, 6.45) is -0.758. The Morgan fingerprint density at radius 3 is 2.33 bits per heavy atom. The predicted molar refractivity (Wildman–Crippen MR) is 108 cm³/mol. The minimum atomic E-state index is -1.31. The van der Waals surface area contributed by atoms with E-state index in [1.807, 2.05) is 6.07 Å². The van der Waals surface area contributed by atoms with Crippen LogP contribution in [0.4, 0.5) is 4.79 Å². The molecule has 0 spiro atoms. The first kappa shape index (κ1) is 22.7. The number of aliphatic hydroxyl groups excluding tert-OH is 1. The number of hydrogen-bond acceptors (Lipinski definition) is 6.